The maximum absolute atomic E-state index is 5.69. The number of aryl methyl sites for hydroxylation is 1. The Morgan fingerprint density at radius 2 is 1.43 bits per heavy atom. The van der Waals surface area contributed by atoms with Crippen LogP contribution in [0, 0.1) is 6.92 Å². The molecule has 2 nitrogen and oxygen atoms in total. The fourth-order valence-electron chi connectivity index (χ4n) is 1.41. The second-order valence-corrected chi connectivity index (χ2v) is 5.92. The molecule has 0 aromatic carbocycles. The summed E-state index contributed by atoms with van der Waals surface area (Å²) in [4.78, 5) is 4.59. The molecule has 1 rings (SSSR count). The maximum Gasteiger partial charge on any atom is 0.200 e. The van der Waals surface area contributed by atoms with E-state index >= 15 is 0 Å². The van der Waals surface area contributed by atoms with Crippen molar-refractivity contribution < 1.29 is 4.42 Å². The summed E-state index contributed by atoms with van der Waals surface area (Å²) in [6.07, 6.45) is 0. The number of rotatable bonds is 0. The van der Waals surface area contributed by atoms with Gasteiger partial charge in [0.15, 0.2) is 5.89 Å². The SMILES string of the molecule is Cc1oc(C(C)(C)C)nc1C(C)(C)C. The topological polar surface area (TPSA) is 26.0 Å². The minimum Gasteiger partial charge on any atom is -0.445 e. The Morgan fingerprint density at radius 1 is 0.929 bits per heavy atom. The average Bonchev–Trinajstić information content (AvgIpc) is 2.27. The van der Waals surface area contributed by atoms with Crippen LogP contribution in [0.1, 0.15) is 58.9 Å². The molecule has 0 amide bonds. The van der Waals surface area contributed by atoms with Crippen LogP contribution in [0.4, 0.5) is 0 Å². The Balaban J connectivity index is 3.19. The number of aromatic nitrogens is 1. The van der Waals surface area contributed by atoms with Crippen LogP contribution in [0.5, 0.6) is 0 Å². The maximum atomic E-state index is 5.69. The Bertz CT molecular complexity index is 323. The van der Waals surface area contributed by atoms with Gasteiger partial charge in [0, 0.05) is 10.8 Å². The quantitative estimate of drug-likeness (QED) is 0.632. The van der Waals surface area contributed by atoms with Crippen molar-refractivity contribution in [2.24, 2.45) is 0 Å². The molecule has 1 heterocycles. The number of nitrogens with zero attached hydrogens (tertiary/aromatic N) is 1. The predicted octanol–water partition coefficient (Wildman–Crippen LogP) is 3.58. The second-order valence-electron chi connectivity index (χ2n) is 5.92. The second kappa shape index (κ2) is 3.11. The lowest BCUT2D eigenvalue weighted by molar-refractivity contribution is 0.380. The predicted molar refractivity (Wildman–Crippen MR) is 58.6 cm³/mol. The summed E-state index contributed by atoms with van der Waals surface area (Å²) in [6, 6.07) is 0. The minimum absolute atomic E-state index is 0.00569. The first kappa shape index (κ1) is 11.3. The summed E-state index contributed by atoms with van der Waals surface area (Å²) in [5, 5.41) is 0. The van der Waals surface area contributed by atoms with E-state index in [4.69, 9.17) is 4.42 Å². The molecule has 1 aromatic rings. The van der Waals surface area contributed by atoms with E-state index in [1.807, 2.05) is 6.92 Å². The van der Waals surface area contributed by atoms with Gasteiger partial charge in [0.05, 0.1) is 5.69 Å². The smallest absolute Gasteiger partial charge is 0.200 e. The zero-order valence-electron chi connectivity index (χ0n) is 10.4. The number of oxazole rings is 1. The molecule has 0 aliphatic heterocycles. The molecule has 0 N–H and O–H groups in total. The zero-order valence-corrected chi connectivity index (χ0v) is 10.4. The van der Waals surface area contributed by atoms with Gasteiger partial charge in [-0.2, -0.15) is 0 Å². The lowest BCUT2D eigenvalue weighted by atomic mass is 9.91. The molecule has 0 saturated carbocycles. The fraction of sp³-hybridized carbons (Fsp3) is 0.750. The minimum atomic E-state index is -0.00569. The molecule has 0 aliphatic rings. The molecular weight excluding hydrogens is 174 g/mol. The van der Waals surface area contributed by atoms with Gasteiger partial charge in [0.25, 0.3) is 0 Å². The van der Waals surface area contributed by atoms with E-state index in [-0.39, 0.29) is 10.8 Å². The normalized spacial score (nSPS) is 13.4. The molecule has 0 aliphatic carbocycles. The third kappa shape index (κ3) is 2.17. The first-order valence-corrected chi connectivity index (χ1v) is 5.11. The van der Waals surface area contributed by atoms with Crippen molar-refractivity contribution in [1.82, 2.24) is 4.98 Å². The van der Waals surface area contributed by atoms with Crippen molar-refractivity contribution >= 4 is 0 Å². The molecule has 0 unspecified atom stereocenters. The molecule has 0 fully saturated rings. The Hall–Kier alpha value is -0.790. The summed E-state index contributed by atoms with van der Waals surface area (Å²) in [6.45, 7) is 14.8. The molecule has 14 heavy (non-hydrogen) atoms. The van der Waals surface area contributed by atoms with Crippen molar-refractivity contribution in [3.63, 3.8) is 0 Å². The van der Waals surface area contributed by atoms with Gasteiger partial charge in [0.2, 0.25) is 0 Å². The van der Waals surface area contributed by atoms with Gasteiger partial charge in [-0.15, -0.1) is 0 Å². The average molecular weight is 195 g/mol. The van der Waals surface area contributed by atoms with Gasteiger partial charge < -0.3 is 4.42 Å². The highest BCUT2D eigenvalue weighted by Crippen LogP contribution is 2.29. The van der Waals surface area contributed by atoms with Crippen LogP contribution >= 0.6 is 0 Å². The molecule has 0 atom stereocenters. The number of hydrogen-bond acceptors (Lipinski definition) is 2. The fourth-order valence-corrected chi connectivity index (χ4v) is 1.41. The Morgan fingerprint density at radius 3 is 1.64 bits per heavy atom. The van der Waals surface area contributed by atoms with Gasteiger partial charge in [-0.1, -0.05) is 41.5 Å². The third-order valence-electron chi connectivity index (χ3n) is 2.15. The molecule has 0 spiro atoms. The van der Waals surface area contributed by atoms with Crippen LogP contribution in [0.25, 0.3) is 0 Å². The zero-order chi connectivity index (χ0) is 11.1. The molecular formula is C12H21NO. The van der Waals surface area contributed by atoms with E-state index < -0.39 is 0 Å². The van der Waals surface area contributed by atoms with Crippen molar-refractivity contribution in [2.45, 2.75) is 59.3 Å². The van der Waals surface area contributed by atoms with Crippen LogP contribution in [-0.2, 0) is 10.8 Å². The van der Waals surface area contributed by atoms with E-state index in [1.165, 1.54) is 0 Å². The summed E-state index contributed by atoms with van der Waals surface area (Å²) in [5.41, 5.74) is 1.13. The van der Waals surface area contributed by atoms with Gasteiger partial charge in [-0.25, -0.2) is 4.98 Å². The van der Waals surface area contributed by atoms with E-state index in [9.17, 15) is 0 Å². The van der Waals surface area contributed by atoms with Crippen molar-refractivity contribution in [2.75, 3.05) is 0 Å². The molecule has 1 aromatic heterocycles. The van der Waals surface area contributed by atoms with E-state index in [0.29, 0.717) is 0 Å². The monoisotopic (exact) mass is 195 g/mol. The molecule has 0 saturated heterocycles. The molecule has 80 valence electrons. The molecule has 0 bridgehead atoms. The lowest BCUT2D eigenvalue weighted by Crippen LogP contribution is -2.15. The van der Waals surface area contributed by atoms with Crippen LogP contribution in [0.15, 0.2) is 4.42 Å². The van der Waals surface area contributed by atoms with Crippen LogP contribution < -0.4 is 0 Å². The highest BCUT2D eigenvalue weighted by Gasteiger charge is 2.27. The van der Waals surface area contributed by atoms with Gasteiger partial charge in [-0.3, -0.25) is 0 Å². The summed E-state index contributed by atoms with van der Waals surface area (Å²) in [5.74, 6) is 1.78. The summed E-state index contributed by atoms with van der Waals surface area (Å²) in [7, 11) is 0. The van der Waals surface area contributed by atoms with E-state index in [2.05, 4.69) is 46.5 Å². The molecule has 2 heteroatoms. The van der Waals surface area contributed by atoms with Crippen LogP contribution in [0.2, 0.25) is 0 Å². The summed E-state index contributed by atoms with van der Waals surface area (Å²) >= 11 is 0. The van der Waals surface area contributed by atoms with Gasteiger partial charge in [0.1, 0.15) is 5.76 Å². The first-order valence-electron chi connectivity index (χ1n) is 5.11. The van der Waals surface area contributed by atoms with Crippen molar-refractivity contribution in [3.8, 4) is 0 Å². The lowest BCUT2D eigenvalue weighted by Gasteiger charge is -2.15. The third-order valence-corrected chi connectivity index (χ3v) is 2.15. The number of hydrogen-bond donors (Lipinski definition) is 0. The first-order chi connectivity index (χ1) is 6.12. The van der Waals surface area contributed by atoms with E-state index in [0.717, 1.165) is 17.3 Å². The van der Waals surface area contributed by atoms with E-state index in [1.54, 1.807) is 0 Å². The largest absolute Gasteiger partial charge is 0.445 e. The van der Waals surface area contributed by atoms with Crippen molar-refractivity contribution in [3.05, 3.63) is 17.3 Å². The molecule has 0 radical (unpaired) electrons. The highest BCUT2D eigenvalue weighted by molar-refractivity contribution is 5.19. The Kier molecular flexibility index (Phi) is 2.51. The van der Waals surface area contributed by atoms with Gasteiger partial charge in [-0.05, 0) is 6.92 Å². The van der Waals surface area contributed by atoms with Crippen molar-refractivity contribution in [1.29, 1.82) is 0 Å². The van der Waals surface area contributed by atoms with Crippen LogP contribution in [0.3, 0.4) is 0 Å². The standard InChI is InChI=1S/C12H21NO/c1-8-9(11(2,3)4)13-10(14-8)12(5,6)7/h1-7H3. The summed E-state index contributed by atoms with van der Waals surface area (Å²) < 4.78 is 5.69. The van der Waals surface area contributed by atoms with Gasteiger partial charge >= 0.3 is 0 Å². The Labute approximate surface area is 86.7 Å². The van der Waals surface area contributed by atoms with Crippen LogP contribution in [-0.4, -0.2) is 4.98 Å². The highest BCUT2D eigenvalue weighted by atomic mass is 16.4.